The third kappa shape index (κ3) is 3.36. The second kappa shape index (κ2) is 7.10. The summed E-state index contributed by atoms with van der Waals surface area (Å²) in [5.41, 5.74) is 3.79. The summed E-state index contributed by atoms with van der Waals surface area (Å²) in [6, 6.07) is 0.305. The molecule has 1 spiro atoms. The van der Waals surface area contributed by atoms with E-state index in [0.29, 0.717) is 5.03 Å². The SMILES string of the molecule is C=C(/C=C(Cl)\C=C/CC1C2=C(C3C(F)=CC=CC3N2)C2(CC2)CN1C)CC. The molecule has 4 heteroatoms. The van der Waals surface area contributed by atoms with Gasteiger partial charge in [-0.1, -0.05) is 48.9 Å². The molecule has 144 valence electrons. The van der Waals surface area contributed by atoms with Crippen molar-refractivity contribution in [1.82, 2.24) is 10.2 Å². The van der Waals surface area contributed by atoms with Crippen LogP contribution in [-0.4, -0.2) is 30.6 Å². The first-order valence-corrected chi connectivity index (χ1v) is 10.3. The van der Waals surface area contributed by atoms with E-state index in [1.807, 2.05) is 18.2 Å². The largest absolute Gasteiger partial charge is 0.380 e. The third-order valence-electron chi connectivity index (χ3n) is 6.43. The van der Waals surface area contributed by atoms with Gasteiger partial charge in [0.25, 0.3) is 0 Å². The highest BCUT2D eigenvalue weighted by Gasteiger charge is 2.58. The lowest BCUT2D eigenvalue weighted by molar-refractivity contribution is 0.203. The van der Waals surface area contributed by atoms with Crippen LogP contribution in [-0.2, 0) is 0 Å². The second-order valence-electron chi connectivity index (χ2n) is 8.30. The minimum absolute atomic E-state index is 0.00850. The molecule has 1 fully saturated rings. The summed E-state index contributed by atoms with van der Waals surface area (Å²) in [5, 5.41) is 4.36. The van der Waals surface area contributed by atoms with E-state index < -0.39 is 0 Å². The molecular formula is C23H28ClFN2. The van der Waals surface area contributed by atoms with Crippen molar-refractivity contribution in [3.8, 4) is 0 Å². The van der Waals surface area contributed by atoms with Crippen molar-refractivity contribution in [2.24, 2.45) is 11.3 Å². The molecule has 1 saturated carbocycles. The summed E-state index contributed by atoms with van der Waals surface area (Å²) in [4.78, 5) is 2.43. The van der Waals surface area contributed by atoms with Gasteiger partial charge < -0.3 is 5.32 Å². The molecule has 0 aromatic carbocycles. The predicted molar refractivity (Wildman–Crippen MR) is 111 cm³/mol. The zero-order chi connectivity index (χ0) is 19.2. The predicted octanol–water partition coefficient (Wildman–Crippen LogP) is 5.38. The molecule has 2 nitrogen and oxygen atoms in total. The average molecular weight is 387 g/mol. The Hall–Kier alpha value is -1.58. The molecule has 0 bridgehead atoms. The van der Waals surface area contributed by atoms with Crippen LogP contribution >= 0.6 is 11.6 Å². The topological polar surface area (TPSA) is 15.3 Å². The van der Waals surface area contributed by atoms with Crippen molar-refractivity contribution < 1.29 is 4.39 Å². The third-order valence-corrected chi connectivity index (χ3v) is 6.66. The highest BCUT2D eigenvalue weighted by molar-refractivity contribution is 6.31. The molecule has 0 amide bonds. The van der Waals surface area contributed by atoms with Gasteiger partial charge in [-0.15, -0.1) is 0 Å². The van der Waals surface area contributed by atoms with Gasteiger partial charge in [0.2, 0.25) is 0 Å². The van der Waals surface area contributed by atoms with Crippen molar-refractivity contribution in [1.29, 1.82) is 0 Å². The Kier molecular flexibility index (Phi) is 4.94. The standard InChI is InChI=1S/C23H28ClFN2/c1-4-15(2)13-16(24)7-5-10-19-22-21(23(11-12-23)14-27(19)3)20-17(25)8-6-9-18(20)26-22/h5-9,13,18-20,26H,2,4,10-12,14H2,1,3H3/b7-5-,16-13+. The van der Waals surface area contributed by atoms with Gasteiger partial charge in [-0.2, -0.15) is 0 Å². The Bertz CT molecular complexity index is 797. The van der Waals surface area contributed by atoms with Gasteiger partial charge in [0.15, 0.2) is 0 Å². The lowest BCUT2D eigenvalue weighted by Crippen LogP contribution is -2.45. The summed E-state index contributed by atoms with van der Waals surface area (Å²) >= 11 is 6.30. The van der Waals surface area contributed by atoms with Crippen LogP contribution in [0, 0.1) is 11.3 Å². The maximum Gasteiger partial charge on any atom is 0.110 e. The summed E-state index contributed by atoms with van der Waals surface area (Å²) in [6.45, 7) is 7.05. The van der Waals surface area contributed by atoms with Crippen molar-refractivity contribution in [2.45, 2.75) is 44.7 Å². The van der Waals surface area contributed by atoms with E-state index in [9.17, 15) is 4.39 Å². The Balaban J connectivity index is 1.58. The molecule has 0 saturated heterocycles. The van der Waals surface area contributed by atoms with E-state index in [0.717, 1.165) is 25.0 Å². The van der Waals surface area contributed by atoms with Crippen LogP contribution in [0.3, 0.4) is 0 Å². The number of allylic oxidation sites excluding steroid dienone is 6. The maximum absolute atomic E-state index is 14.7. The number of fused-ring (bicyclic) bond motifs is 3. The molecule has 2 aliphatic carbocycles. The number of rotatable bonds is 5. The molecule has 0 radical (unpaired) electrons. The molecule has 3 atom stereocenters. The number of likely N-dealkylation sites (N-methyl/N-ethyl adjacent to an activating group) is 1. The fraction of sp³-hybridized carbons (Fsp3) is 0.478. The minimum atomic E-state index is -0.107. The maximum atomic E-state index is 14.7. The van der Waals surface area contributed by atoms with Crippen LogP contribution in [0.1, 0.15) is 32.6 Å². The molecule has 2 heterocycles. The van der Waals surface area contributed by atoms with Gasteiger partial charge in [0, 0.05) is 22.7 Å². The van der Waals surface area contributed by atoms with Crippen LogP contribution in [0.4, 0.5) is 4.39 Å². The van der Waals surface area contributed by atoms with E-state index in [1.54, 1.807) is 6.08 Å². The van der Waals surface area contributed by atoms with E-state index in [2.05, 4.69) is 42.9 Å². The molecule has 0 aromatic rings. The molecule has 4 rings (SSSR count). The van der Waals surface area contributed by atoms with Crippen LogP contribution < -0.4 is 5.32 Å². The zero-order valence-corrected chi connectivity index (χ0v) is 16.9. The Morgan fingerprint density at radius 3 is 2.96 bits per heavy atom. The second-order valence-corrected chi connectivity index (χ2v) is 8.74. The van der Waals surface area contributed by atoms with Crippen molar-refractivity contribution in [2.75, 3.05) is 13.6 Å². The highest BCUT2D eigenvalue weighted by atomic mass is 35.5. The quantitative estimate of drug-likeness (QED) is 0.638. The monoisotopic (exact) mass is 386 g/mol. The summed E-state index contributed by atoms with van der Waals surface area (Å²) in [6.07, 6.45) is 15.7. The van der Waals surface area contributed by atoms with Gasteiger partial charge in [-0.3, -0.25) is 4.90 Å². The van der Waals surface area contributed by atoms with Crippen LogP contribution in [0.5, 0.6) is 0 Å². The van der Waals surface area contributed by atoms with Crippen molar-refractivity contribution in [3.63, 3.8) is 0 Å². The summed E-state index contributed by atoms with van der Waals surface area (Å²) in [5.74, 6) is -0.0989. The normalized spacial score (nSPS) is 31.8. The molecule has 2 aliphatic heterocycles. The molecule has 4 aliphatic rings. The Labute approximate surface area is 166 Å². The van der Waals surface area contributed by atoms with Gasteiger partial charge in [-0.25, -0.2) is 4.39 Å². The molecular weight excluding hydrogens is 359 g/mol. The fourth-order valence-electron chi connectivity index (χ4n) is 4.84. The first-order valence-electron chi connectivity index (χ1n) is 9.92. The zero-order valence-electron chi connectivity index (χ0n) is 16.1. The van der Waals surface area contributed by atoms with E-state index >= 15 is 0 Å². The first-order chi connectivity index (χ1) is 12.9. The van der Waals surface area contributed by atoms with Crippen molar-refractivity contribution in [3.05, 3.63) is 70.7 Å². The van der Waals surface area contributed by atoms with Crippen LogP contribution in [0.25, 0.3) is 0 Å². The van der Waals surface area contributed by atoms with E-state index in [1.165, 1.54) is 24.1 Å². The molecule has 0 aromatic heterocycles. The van der Waals surface area contributed by atoms with Crippen LogP contribution in [0.2, 0.25) is 0 Å². The number of hydrogen-bond acceptors (Lipinski definition) is 2. The first kappa shape index (κ1) is 18.8. The van der Waals surface area contributed by atoms with Crippen molar-refractivity contribution >= 4 is 11.6 Å². The number of nitrogens with one attached hydrogen (secondary N) is 1. The van der Waals surface area contributed by atoms with E-state index in [-0.39, 0.29) is 29.2 Å². The minimum Gasteiger partial charge on any atom is -0.380 e. The lowest BCUT2D eigenvalue weighted by atomic mass is 9.77. The van der Waals surface area contributed by atoms with Gasteiger partial charge >= 0.3 is 0 Å². The van der Waals surface area contributed by atoms with E-state index in [4.69, 9.17) is 11.6 Å². The smallest absolute Gasteiger partial charge is 0.110 e. The average Bonchev–Trinajstić information content (AvgIpc) is 3.26. The Morgan fingerprint density at radius 1 is 1.48 bits per heavy atom. The van der Waals surface area contributed by atoms with Gasteiger partial charge in [-0.05, 0) is 56.5 Å². The summed E-state index contributed by atoms with van der Waals surface area (Å²) < 4.78 is 14.7. The number of nitrogens with zero attached hydrogens (tertiary/aromatic N) is 1. The van der Waals surface area contributed by atoms with Gasteiger partial charge in [0.1, 0.15) is 5.83 Å². The highest BCUT2D eigenvalue weighted by Crippen LogP contribution is 2.61. The number of hydrogen-bond donors (Lipinski definition) is 1. The molecule has 3 unspecified atom stereocenters. The molecule has 1 N–H and O–H groups in total. The van der Waals surface area contributed by atoms with Crippen LogP contribution in [0.15, 0.2) is 70.7 Å². The van der Waals surface area contributed by atoms with Gasteiger partial charge in [0.05, 0.1) is 18.0 Å². The Morgan fingerprint density at radius 2 is 2.26 bits per heavy atom. The summed E-state index contributed by atoms with van der Waals surface area (Å²) in [7, 11) is 2.18. The number of halogens is 2. The lowest BCUT2D eigenvalue weighted by Gasteiger charge is -2.39. The molecule has 27 heavy (non-hydrogen) atoms. The fourth-order valence-corrected chi connectivity index (χ4v) is 5.09.